The summed E-state index contributed by atoms with van der Waals surface area (Å²) >= 11 is 0. The molecule has 3 rings (SSSR count). The second-order valence-electron chi connectivity index (χ2n) is 6.46. The molecule has 0 saturated heterocycles. The molecule has 1 aromatic rings. The van der Waals surface area contributed by atoms with E-state index in [1.54, 1.807) is 24.3 Å². The molecule has 0 radical (unpaired) electrons. The highest BCUT2D eigenvalue weighted by Gasteiger charge is 2.51. The van der Waals surface area contributed by atoms with Gasteiger partial charge in [0.1, 0.15) is 0 Å². The lowest BCUT2D eigenvalue weighted by Crippen LogP contribution is -2.43. The van der Waals surface area contributed by atoms with E-state index in [-0.39, 0.29) is 23.7 Å². The molecule has 2 bridgehead atoms. The van der Waals surface area contributed by atoms with Crippen molar-refractivity contribution in [1.29, 1.82) is 0 Å². The lowest BCUT2D eigenvalue weighted by Gasteiger charge is -2.30. The number of hydrogen-bond donors (Lipinski definition) is 2. The number of aliphatic carboxylic acids is 1. The van der Waals surface area contributed by atoms with Gasteiger partial charge in [-0.3, -0.25) is 9.59 Å². The molecule has 2 N–H and O–H groups in total. The first kappa shape index (κ1) is 15.5. The van der Waals surface area contributed by atoms with E-state index in [1.807, 2.05) is 0 Å². The third-order valence-corrected chi connectivity index (χ3v) is 4.94. The van der Waals surface area contributed by atoms with Gasteiger partial charge in [-0.2, -0.15) is 0 Å². The molecule has 0 aliphatic heterocycles. The van der Waals surface area contributed by atoms with Crippen LogP contribution in [-0.2, 0) is 14.4 Å². The first-order chi connectivity index (χ1) is 11.0. The van der Waals surface area contributed by atoms with Crippen molar-refractivity contribution in [2.24, 2.45) is 23.7 Å². The Morgan fingerprint density at radius 3 is 2.26 bits per heavy atom. The fourth-order valence-corrected chi connectivity index (χ4v) is 4.11. The van der Waals surface area contributed by atoms with E-state index in [0.29, 0.717) is 11.4 Å². The van der Waals surface area contributed by atoms with Gasteiger partial charge in [-0.05, 0) is 49.3 Å². The van der Waals surface area contributed by atoms with Gasteiger partial charge in [0.05, 0.1) is 0 Å². The van der Waals surface area contributed by atoms with Crippen LogP contribution in [0, 0.1) is 23.7 Å². The van der Waals surface area contributed by atoms with Crippen molar-refractivity contribution >= 4 is 29.2 Å². The van der Waals surface area contributed by atoms with Gasteiger partial charge in [0.25, 0.3) is 0 Å². The van der Waals surface area contributed by atoms with Crippen LogP contribution < -0.4 is 15.7 Å². The van der Waals surface area contributed by atoms with E-state index in [2.05, 4.69) is 10.6 Å². The Bertz CT molecular complexity index is 658. The predicted octanol–water partition coefficient (Wildman–Crippen LogP) is 0.996. The molecular weight excluding hydrogens is 296 g/mol. The minimum atomic E-state index is -1.12. The van der Waals surface area contributed by atoms with Crippen LogP contribution in [-0.4, -0.2) is 17.8 Å². The molecule has 2 aliphatic carbocycles. The zero-order valence-corrected chi connectivity index (χ0v) is 12.9. The summed E-state index contributed by atoms with van der Waals surface area (Å²) in [7, 11) is 0. The van der Waals surface area contributed by atoms with E-state index < -0.39 is 17.8 Å². The van der Waals surface area contributed by atoms with Crippen LogP contribution in [0.15, 0.2) is 24.3 Å². The third-order valence-electron chi connectivity index (χ3n) is 4.94. The Kier molecular flexibility index (Phi) is 4.07. The number of carbonyl (C=O) groups is 3. The van der Waals surface area contributed by atoms with E-state index in [0.717, 1.165) is 19.3 Å². The van der Waals surface area contributed by atoms with Gasteiger partial charge >= 0.3 is 0 Å². The van der Waals surface area contributed by atoms with Crippen molar-refractivity contribution in [1.82, 2.24) is 0 Å². The molecule has 4 atom stereocenters. The molecule has 6 heteroatoms. The molecule has 23 heavy (non-hydrogen) atoms. The van der Waals surface area contributed by atoms with Crippen molar-refractivity contribution in [2.45, 2.75) is 26.2 Å². The molecule has 6 nitrogen and oxygen atoms in total. The highest BCUT2D eigenvalue weighted by atomic mass is 16.4. The maximum absolute atomic E-state index is 12.6. The Morgan fingerprint density at radius 1 is 1.04 bits per heavy atom. The SMILES string of the molecule is CC(=O)Nc1cccc(NC(=O)[C@@H]2[C@@H]3CC[C@@H](C3)[C@@H]2C(=O)[O-])c1. The molecule has 0 unspecified atom stereocenters. The molecule has 2 aliphatic rings. The number of carbonyl (C=O) groups excluding carboxylic acids is 3. The van der Waals surface area contributed by atoms with Crippen LogP contribution in [0.5, 0.6) is 0 Å². The maximum atomic E-state index is 12.6. The van der Waals surface area contributed by atoms with E-state index in [1.165, 1.54) is 6.92 Å². The standard InChI is InChI=1S/C17H20N2O4/c1-9(20)18-12-3-2-4-13(8-12)19-16(21)14-10-5-6-11(7-10)15(14)17(22)23/h2-4,8,10-11,14-15H,5-7H2,1H3,(H,18,20)(H,19,21)(H,22,23)/p-1/t10-,11+,14-,15+/m1/s1. The number of rotatable bonds is 4. The summed E-state index contributed by atoms with van der Waals surface area (Å²) in [5.74, 6) is -2.61. The number of hydrogen-bond acceptors (Lipinski definition) is 4. The zero-order chi connectivity index (χ0) is 16.6. The summed E-state index contributed by atoms with van der Waals surface area (Å²) in [5, 5.41) is 16.8. The quantitative estimate of drug-likeness (QED) is 0.866. The number of anilines is 2. The van der Waals surface area contributed by atoms with Crippen LogP contribution in [0.25, 0.3) is 0 Å². The Balaban J connectivity index is 1.74. The number of amides is 2. The first-order valence-electron chi connectivity index (χ1n) is 7.85. The molecule has 1 aromatic carbocycles. The smallest absolute Gasteiger partial charge is 0.228 e. The average molecular weight is 315 g/mol. The minimum absolute atomic E-state index is 0.0615. The molecule has 0 spiro atoms. The van der Waals surface area contributed by atoms with E-state index in [9.17, 15) is 19.5 Å². The van der Waals surface area contributed by atoms with Gasteiger partial charge in [0, 0.05) is 36.1 Å². The van der Waals surface area contributed by atoms with E-state index in [4.69, 9.17) is 0 Å². The molecule has 0 aromatic heterocycles. The Hall–Kier alpha value is -2.37. The third kappa shape index (κ3) is 3.06. The molecule has 2 saturated carbocycles. The van der Waals surface area contributed by atoms with Crippen LogP contribution in [0.3, 0.4) is 0 Å². The molecular formula is C17H19N2O4-. The molecule has 2 fully saturated rings. The van der Waals surface area contributed by atoms with Crippen molar-refractivity contribution in [3.63, 3.8) is 0 Å². The van der Waals surface area contributed by atoms with Crippen molar-refractivity contribution in [3.05, 3.63) is 24.3 Å². The summed E-state index contributed by atoms with van der Waals surface area (Å²) in [5.41, 5.74) is 1.13. The highest BCUT2D eigenvalue weighted by molar-refractivity contribution is 5.97. The van der Waals surface area contributed by atoms with Gasteiger partial charge in [0.2, 0.25) is 11.8 Å². The zero-order valence-electron chi connectivity index (χ0n) is 12.9. The molecule has 0 heterocycles. The monoisotopic (exact) mass is 315 g/mol. The topological polar surface area (TPSA) is 98.3 Å². The van der Waals surface area contributed by atoms with Crippen molar-refractivity contribution in [3.8, 4) is 0 Å². The van der Waals surface area contributed by atoms with E-state index >= 15 is 0 Å². The number of nitrogens with one attached hydrogen (secondary N) is 2. The van der Waals surface area contributed by atoms with Crippen molar-refractivity contribution in [2.75, 3.05) is 10.6 Å². The summed E-state index contributed by atoms with van der Waals surface area (Å²) in [6.45, 7) is 1.41. The highest BCUT2D eigenvalue weighted by Crippen LogP contribution is 2.52. The second kappa shape index (κ2) is 6.02. The summed E-state index contributed by atoms with van der Waals surface area (Å²) in [6, 6.07) is 6.81. The summed E-state index contributed by atoms with van der Waals surface area (Å²) < 4.78 is 0. The fourth-order valence-electron chi connectivity index (χ4n) is 4.11. The normalized spacial score (nSPS) is 28.4. The second-order valence-corrected chi connectivity index (χ2v) is 6.46. The van der Waals surface area contributed by atoms with Crippen LogP contribution in [0.2, 0.25) is 0 Å². The summed E-state index contributed by atoms with van der Waals surface area (Å²) in [6.07, 6.45) is 2.56. The molecule has 122 valence electrons. The maximum Gasteiger partial charge on any atom is 0.228 e. The lowest BCUT2D eigenvalue weighted by molar-refractivity contribution is -0.314. The van der Waals surface area contributed by atoms with Gasteiger partial charge in [-0.25, -0.2) is 0 Å². The predicted molar refractivity (Wildman–Crippen MR) is 82.2 cm³/mol. The minimum Gasteiger partial charge on any atom is -0.550 e. The van der Waals surface area contributed by atoms with Crippen LogP contribution in [0.4, 0.5) is 11.4 Å². The first-order valence-corrected chi connectivity index (χ1v) is 7.85. The van der Waals surface area contributed by atoms with Gasteiger partial charge in [-0.1, -0.05) is 6.07 Å². The number of fused-ring (bicyclic) bond motifs is 2. The number of carboxylic acid groups (broad SMARTS) is 1. The van der Waals surface area contributed by atoms with Gasteiger partial charge in [-0.15, -0.1) is 0 Å². The lowest BCUT2D eigenvalue weighted by atomic mass is 9.78. The largest absolute Gasteiger partial charge is 0.550 e. The Labute approximate surface area is 134 Å². The fraction of sp³-hybridized carbons (Fsp3) is 0.471. The Morgan fingerprint density at radius 2 is 1.65 bits per heavy atom. The molecule has 2 amide bonds. The van der Waals surface area contributed by atoms with Gasteiger partial charge < -0.3 is 20.5 Å². The summed E-state index contributed by atoms with van der Waals surface area (Å²) in [4.78, 5) is 35.0. The number of carboxylic acids is 1. The van der Waals surface area contributed by atoms with Crippen LogP contribution >= 0.6 is 0 Å². The van der Waals surface area contributed by atoms with Crippen molar-refractivity contribution < 1.29 is 19.5 Å². The van der Waals surface area contributed by atoms with Gasteiger partial charge in [0.15, 0.2) is 0 Å². The average Bonchev–Trinajstić information content (AvgIpc) is 3.07. The number of benzene rings is 1. The van der Waals surface area contributed by atoms with Crippen LogP contribution in [0.1, 0.15) is 26.2 Å².